The highest BCUT2D eigenvalue weighted by atomic mass is 16.6. The van der Waals surface area contributed by atoms with Crippen molar-refractivity contribution < 1.29 is 14.5 Å². The summed E-state index contributed by atoms with van der Waals surface area (Å²) < 4.78 is 0. The Morgan fingerprint density at radius 3 is 2.50 bits per heavy atom. The highest BCUT2D eigenvalue weighted by Crippen LogP contribution is 2.37. The van der Waals surface area contributed by atoms with Gasteiger partial charge in [-0.3, -0.25) is 24.7 Å². The maximum Gasteiger partial charge on any atom is 0.280 e. The van der Waals surface area contributed by atoms with E-state index < -0.39 is 22.4 Å². The molecule has 1 aromatic heterocycles. The molecule has 1 aliphatic rings. The molecular formula is C14H8N2O4. The van der Waals surface area contributed by atoms with Gasteiger partial charge < -0.3 is 0 Å². The highest BCUT2D eigenvalue weighted by Gasteiger charge is 2.44. The van der Waals surface area contributed by atoms with Gasteiger partial charge in [-0.05, 0) is 12.1 Å². The van der Waals surface area contributed by atoms with Crippen LogP contribution in [-0.2, 0) is 0 Å². The summed E-state index contributed by atoms with van der Waals surface area (Å²) in [6, 6.07) is 8.97. The number of hydrogen-bond donors (Lipinski definition) is 0. The van der Waals surface area contributed by atoms with Gasteiger partial charge in [-0.25, -0.2) is 0 Å². The van der Waals surface area contributed by atoms with E-state index in [0.29, 0.717) is 5.69 Å². The van der Waals surface area contributed by atoms with Crippen molar-refractivity contribution in [1.82, 2.24) is 4.98 Å². The van der Waals surface area contributed by atoms with Gasteiger partial charge in [0.2, 0.25) is 0 Å². The van der Waals surface area contributed by atoms with Crippen LogP contribution < -0.4 is 0 Å². The molecule has 6 heteroatoms. The number of nitro groups is 1. The Hall–Kier alpha value is -2.89. The average molecular weight is 268 g/mol. The molecule has 0 radical (unpaired) electrons. The lowest BCUT2D eigenvalue weighted by Gasteiger charge is -2.04. The Bertz CT molecular complexity index is 740. The first kappa shape index (κ1) is 12.2. The van der Waals surface area contributed by atoms with Crippen molar-refractivity contribution in [2.75, 3.05) is 0 Å². The van der Waals surface area contributed by atoms with E-state index in [9.17, 15) is 19.7 Å². The maximum atomic E-state index is 12.4. The smallest absolute Gasteiger partial charge is 0.280 e. The minimum Gasteiger partial charge on any atom is -0.293 e. The predicted octanol–water partition coefficient (Wildman–Crippen LogP) is 2.15. The standard InChI is InChI=1S/C14H8N2O4/c17-13-8-4-3-6-10(16(19)20)11(8)14(18)12(13)9-5-1-2-7-15-9/h1-7,12H/t12-/m1/s1. The van der Waals surface area contributed by atoms with Crippen LogP contribution >= 0.6 is 0 Å². The number of nitrogens with zero attached hydrogens (tertiary/aromatic N) is 2. The van der Waals surface area contributed by atoms with Crippen LogP contribution in [0.4, 0.5) is 5.69 Å². The van der Waals surface area contributed by atoms with Gasteiger partial charge >= 0.3 is 0 Å². The zero-order valence-electron chi connectivity index (χ0n) is 10.1. The lowest BCUT2D eigenvalue weighted by Crippen LogP contribution is -2.14. The third-order valence-electron chi connectivity index (χ3n) is 3.26. The zero-order valence-corrected chi connectivity index (χ0v) is 10.1. The molecule has 0 spiro atoms. The zero-order chi connectivity index (χ0) is 14.3. The quantitative estimate of drug-likeness (QED) is 0.473. The molecule has 1 aliphatic carbocycles. The molecule has 0 N–H and O–H groups in total. The number of hydrogen-bond acceptors (Lipinski definition) is 5. The van der Waals surface area contributed by atoms with E-state index in [1.807, 2.05) is 0 Å². The van der Waals surface area contributed by atoms with E-state index in [-0.39, 0.29) is 16.8 Å². The molecule has 1 heterocycles. The topological polar surface area (TPSA) is 90.2 Å². The van der Waals surface area contributed by atoms with Crippen LogP contribution in [0.3, 0.4) is 0 Å². The summed E-state index contributed by atoms with van der Waals surface area (Å²) in [7, 11) is 0. The Morgan fingerprint density at radius 1 is 1.05 bits per heavy atom. The number of ketones is 2. The van der Waals surface area contributed by atoms with Gasteiger partial charge in [0.25, 0.3) is 5.69 Å². The van der Waals surface area contributed by atoms with E-state index in [2.05, 4.69) is 4.98 Å². The first-order valence-corrected chi connectivity index (χ1v) is 5.88. The number of Topliss-reactive ketones (excluding diaryl/α,β-unsaturated/α-hetero) is 2. The van der Waals surface area contributed by atoms with Crippen molar-refractivity contribution in [2.45, 2.75) is 5.92 Å². The molecule has 0 saturated carbocycles. The second-order valence-electron chi connectivity index (χ2n) is 4.37. The molecule has 1 aromatic carbocycles. The third kappa shape index (κ3) is 1.62. The number of fused-ring (bicyclic) bond motifs is 1. The van der Waals surface area contributed by atoms with E-state index >= 15 is 0 Å². The molecule has 1 atom stereocenters. The number of pyridine rings is 1. The maximum absolute atomic E-state index is 12.4. The molecular weight excluding hydrogens is 260 g/mol. The Labute approximate surface area is 113 Å². The lowest BCUT2D eigenvalue weighted by atomic mass is 9.99. The van der Waals surface area contributed by atoms with Crippen molar-refractivity contribution in [3.8, 4) is 0 Å². The molecule has 0 amide bonds. The number of nitro benzene ring substituents is 1. The molecule has 0 aliphatic heterocycles. The molecule has 98 valence electrons. The SMILES string of the molecule is O=C1c2cccc([N+](=O)[O-])c2C(=O)[C@@H]1c1ccccn1. The van der Waals surface area contributed by atoms with E-state index in [1.165, 1.54) is 24.4 Å². The Balaban J connectivity index is 2.18. The van der Waals surface area contributed by atoms with Crippen LogP contribution in [0.2, 0.25) is 0 Å². The van der Waals surface area contributed by atoms with Gasteiger partial charge in [0.1, 0.15) is 11.5 Å². The van der Waals surface area contributed by atoms with E-state index in [1.54, 1.807) is 18.2 Å². The van der Waals surface area contributed by atoms with Crippen molar-refractivity contribution in [3.05, 3.63) is 69.5 Å². The summed E-state index contributed by atoms with van der Waals surface area (Å²) in [5.74, 6) is -2.07. The number of benzene rings is 1. The van der Waals surface area contributed by atoms with Gasteiger partial charge in [0.15, 0.2) is 11.6 Å². The summed E-state index contributed by atoms with van der Waals surface area (Å²) in [6.07, 6.45) is 1.48. The fourth-order valence-corrected chi connectivity index (χ4v) is 2.39. The summed E-state index contributed by atoms with van der Waals surface area (Å²) >= 11 is 0. The fourth-order valence-electron chi connectivity index (χ4n) is 2.39. The molecule has 3 rings (SSSR count). The first-order valence-electron chi connectivity index (χ1n) is 5.88. The molecule has 0 bridgehead atoms. The van der Waals surface area contributed by atoms with Crippen molar-refractivity contribution in [3.63, 3.8) is 0 Å². The molecule has 0 saturated heterocycles. The van der Waals surface area contributed by atoms with Crippen molar-refractivity contribution in [1.29, 1.82) is 0 Å². The number of carbonyl (C=O) groups excluding carboxylic acids is 2. The summed E-state index contributed by atoms with van der Waals surface area (Å²) in [4.78, 5) is 39.0. The van der Waals surface area contributed by atoms with Crippen LogP contribution in [0.25, 0.3) is 0 Å². The fraction of sp³-hybridized carbons (Fsp3) is 0.0714. The van der Waals surface area contributed by atoms with Crippen LogP contribution in [0, 0.1) is 10.1 Å². The summed E-state index contributed by atoms with van der Waals surface area (Å²) in [6.45, 7) is 0. The number of carbonyl (C=O) groups is 2. The van der Waals surface area contributed by atoms with Gasteiger partial charge in [-0.15, -0.1) is 0 Å². The molecule has 0 fully saturated rings. The van der Waals surface area contributed by atoms with Gasteiger partial charge in [0, 0.05) is 17.8 Å². The second-order valence-corrected chi connectivity index (χ2v) is 4.37. The summed E-state index contributed by atoms with van der Waals surface area (Å²) in [5, 5.41) is 11.0. The number of rotatable bonds is 2. The Morgan fingerprint density at radius 2 is 1.85 bits per heavy atom. The van der Waals surface area contributed by atoms with Gasteiger partial charge in [-0.1, -0.05) is 18.2 Å². The largest absolute Gasteiger partial charge is 0.293 e. The van der Waals surface area contributed by atoms with Gasteiger partial charge in [0.05, 0.1) is 10.6 Å². The molecule has 0 unspecified atom stereocenters. The Kier molecular flexibility index (Phi) is 2.64. The van der Waals surface area contributed by atoms with Crippen LogP contribution in [0.1, 0.15) is 32.3 Å². The van der Waals surface area contributed by atoms with Crippen LogP contribution in [-0.4, -0.2) is 21.5 Å². The van der Waals surface area contributed by atoms with E-state index in [4.69, 9.17) is 0 Å². The van der Waals surface area contributed by atoms with E-state index in [0.717, 1.165) is 0 Å². The van der Waals surface area contributed by atoms with Crippen molar-refractivity contribution in [2.24, 2.45) is 0 Å². The average Bonchev–Trinajstić information content (AvgIpc) is 2.72. The van der Waals surface area contributed by atoms with Crippen LogP contribution in [0.15, 0.2) is 42.6 Å². The van der Waals surface area contributed by atoms with Crippen LogP contribution in [0.5, 0.6) is 0 Å². The summed E-state index contributed by atoms with van der Waals surface area (Å²) in [5.41, 5.74) is -0.0368. The minimum atomic E-state index is -1.08. The van der Waals surface area contributed by atoms with Crippen molar-refractivity contribution >= 4 is 17.3 Å². The van der Waals surface area contributed by atoms with Gasteiger partial charge in [-0.2, -0.15) is 0 Å². The second kappa shape index (κ2) is 4.34. The first-order chi connectivity index (χ1) is 9.61. The predicted molar refractivity (Wildman–Crippen MR) is 68.7 cm³/mol. The third-order valence-corrected chi connectivity index (χ3v) is 3.26. The monoisotopic (exact) mass is 268 g/mol. The molecule has 20 heavy (non-hydrogen) atoms. The highest BCUT2D eigenvalue weighted by molar-refractivity contribution is 6.31. The minimum absolute atomic E-state index is 0.0971. The normalized spacial score (nSPS) is 17.1. The molecule has 2 aromatic rings. The molecule has 6 nitrogen and oxygen atoms in total. The lowest BCUT2D eigenvalue weighted by molar-refractivity contribution is -0.385. The number of aromatic nitrogens is 1.